The van der Waals surface area contributed by atoms with E-state index in [-0.39, 0.29) is 5.75 Å². The van der Waals surface area contributed by atoms with Gasteiger partial charge in [-0.25, -0.2) is 4.79 Å². The van der Waals surface area contributed by atoms with Crippen molar-refractivity contribution >= 4 is 6.09 Å². The molecule has 1 unspecified atom stereocenters. The quantitative estimate of drug-likeness (QED) is 0.906. The summed E-state index contributed by atoms with van der Waals surface area (Å²) in [5.41, 5.74) is 7.67. The van der Waals surface area contributed by atoms with Crippen LogP contribution in [-0.2, 0) is 11.2 Å². The smallest absolute Gasteiger partial charge is 0.441 e. The Balaban J connectivity index is 1.99. The highest BCUT2D eigenvalue weighted by molar-refractivity contribution is 5.72. The first-order valence-corrected chi connectivity index (χ1v) is 7.27. The second-order valence-corrected chi connectivity index (χ2v) is 5.42. The molecule has 1 amide bonds. The van der Waals surface area contributed by atoms with Gasteiger partial charge in [-0.15, -0.1) is 13.2 Å². The van der Waals surface area contributed by atoms with Crippen LogP contribution >= 0.6 is 0 Å². The number of benzene rings is 2. The van der Waals surface area contributed by atoms with Crippen LogP contribution in [0.2, 0.25) is 0 Å². The number of aryl methyl sites for hydroxylation is 1. The fourth-order valence-electron chi connectivity index (χ4n) is 2.91. The summed E-state index contributed by atoms with van der Waals surface area (Å²) in [4.78, 5) is 11.0. The Labute approximate surface area is 136 Å². The highest BCUT2D eigenvalue weighted by Gasteiger charge is 2.32. The summed E-state index contributed by atoms with van der Waals surface area (Å²) in [7, 11) is 0. The molecular weight excluding hydrogens is 323 g/mol. The number of nitrogens with two attached hydrogens (primary N) is 1. The molecule has 126 valence electrons. The second-order valence-electron chi connectivity index (χ2n) is 5.42. The van der Waals surface area contributed by atoms with E-state index >= 15 is 0 Å². The van der Waals surface area contributed by atoms with E-state index in [1.54, 1.807) is 24.3 Å². The summed E-state index contributed by atoms with van der Waals surface area (Å²) in [5, 5.41) is 0. The third-order valence-corrected chi connectivity index (χ3v) is 3.85. The minimum Gasteiger partial charge on any atom is -0.441 e. The molecule has 0 spiro atoms. The van der Waals surface area contributed by atoms with E-state index in [9.17, 15) is 18.0 Å². The van der Waals surface area contributed by atoms with Gasteiger partial charge >= 0.3 is 12.5 Å². The molecule has 0 saturated heterocycles. The van der Waals surface area contributed by atoms with Crippen molar-refractivity contribution in [3.05, 3.63) is 53.6 Å². The van der Waals surface area contributed by atoms with Crippen molar-refractivity contribution < 1.29 is 27.4 Å². The van der Waals surface area contributed by atoms with Gasteiger partial charge in [-0.1, -0.05) is 30.3 Å². The van der Waals surface area contributed by atoms with Gasteiger partial charge in [0.05, 0.1) is 0 Å². The average molecular weight is 337 g/mol. The lowest BCUT2D eigenvalue weighted by Crippen LogP contribution is -2.17. The number of carbonyl (C=O) groups excluding carboxylic acids is 1. The normalized spacial score (nSPS) is 16.5. The molecule has 1 atom stereocenters. The number of rotatable bonds is 3. The SMILES string of the molecule is NC(=O)OC1CCc2ccc(-c3ccccc3OC(F)(F)F)cc21. The third kappa shape index (κ3) is 3.45. The summed E-state index contributed by atoms with van der Waals surface area (Å²) in [6.45, 7) is 0. The van der Waals surface area contributed by atoms with Gasteiger partial charge in [0.1, 0.15) is 11.9 Å². The maximum absolute atomic E-state index is 12.6. The number of fused-ring (bicyclic) bond motifs is 1. The van der Waals surface area contributed by atoms with Crippen LogP contribution < -0.4 is 10.5 Å². The van der Waals surface area contributed by atoms with Crippen molar-refractivity contribution in [1.29, 1.82) is 0 Å². The Morgan fingerprint density at radius 2 is 1.92 bits per heavy atom. The number of alkyl halides is 3. The van der Waals surface area contributed by atoms with Crippen molar-refractivity contribution in [2.75, 3.05) is 0 Å². The lowest BCUT2D eigenvalue weighted by atomic mass is 9.99. The zero-order chi connectivity index (χ0) is 17.3. The molecular formula is C17H14F3NO3. The van der Waals surface area contributed by atoms with Crippen LogP contribution in [0.5, 0.6) is 5.75 Å². The van der Waals surface area contributed by atoms with Crippen molar-refractivity contribution in [1.82, 2.24) is 0 Å². The van der Waals surface area contributed by atoms with Gasteiger partial charge in [-0.2, -0.15) is 0 Å². The molecule has 2 aromatic carbocycles. The predicted molar refractivity (Wildman–Crippen MR) is 80.3 cm³/mol. The van der Waals surface area contributed by atoms with Gasteiger partial charge in [0.2, 0.25) is 0 Å². The zero-order valence-corrected chi connectivity index (χ0v) is 12.5. The first kappa shape index (κ1) is 16.2. The molecule has 24 heavy (non-hydrogen) atoms. The molecule has 3 rings (SSSR count). The summed E-state index contributed by atoms with van der Waals surface area (Å²) < 4.78 is 46.9. The molecule has 1 aliphatic carbocycles. The number of halogens is 3. The molecule has 0 radical (unpaired) electrons. The lowest BCUT2D eigenvalue weighted by Gasteiger charge is -2.15. The van der Waals surface area contributed by atoms with Crippen molar-refractivity contribution in [2.24, 2.45) is 5.73 Å². The second kappa shape index (κ2) is 6.07. The molecule has 0 aliphatic heterocycles. The Kier molecular flexibility index (Phi) is 4.09. The van der Waals surface area contributed by atoms with E-state index in [1.165, 1.54) is 12.1 Å². The maximum Gasteiger partial charge on any atom is 0.573 e. The minimum atomic E-state index is -4.77. The van der Waals surface area contributed by atoms with Crippen molar-refractivity contribution in [3.63, 3.8) is 0 Å². The predicted octanol–water partition coefficient (Wildman–Crippen LogP) is 4.33. The molecule has 0 saturated carbocycles. The van der Waals surface area contributed by atoms with Crippen LogP contribution in [0.4, 0.5) is 18.0 Å². The molecule has 0 heterocycles. The monoisotopic (exact) mass is 337 g/mol. The van der Waals surface area contributed by atoms with Crippen LogP contribution in [0.1, 0.15) is 23.7 Å². The summed E-state index contributed by atoms with van der Waals surface area (Å²) in [6.07, 6.45) is -4.81. The van der Waals surface area contributed by atoms with Crippen LogP contribution in [0.25, 0.3) is 11.1 Å². The highest BCUT2D eigenvalue weighted by Crippen LogP contribution is 2.39. The van der Waals surface area contributed by atoms with E-state index in [0.29, 0.717) is 24.0 Å². The minimum absolute atomic E-state index is 0.282. The topological polar surface area (TPSA) is 61.6 Å². The number of hydrogen-bond acceptors (Lipinski definition) is 3. The van der Waals surface area contributed by atoms with E-state index in [1.807, 2.05) is 6.07 Å². The van der Waals surface area contributed by atoms with Gasteiger partial charge in [0.25, 0.3) is 0 Å². The number of ether oxygens (including phenoxy) is 2. The van der Waals surface area contributed by atoms with Crippen LogP contribution in [0.3, 0.4) is 0 Å². The molecule has 0 bridgehead atoms. The number of para-hydroxylation sites is 1. The van der Waals surface area contributed by atoms with E-state index in [4.69, 9.17) is 10.5 Å². The lowest BCUT2D eigenvalue weighted by molar-refractivity contribution is -0.274. The van der Waals surface area contributed by atoms with Crippen molar-refractivity contribution in [2.45, 2.75) is 25.3 Å². The molecule has 2 aromatic rings. The molecule has 7 heteroatoms. The Bertz CT molecular complexity index is 774. The highest BCUT2D eigenvalue weighted by atomic mass is 19.4. The van der Waals surface area contributed by atoms with Crippen LogP contribution in [0.15, 0.2) is 42.5 Å². The fourth-order valence-corrected chi connectivity index (χ4v) is 2.91. The van der Waals surface area contributed by atoms with Gasteiger partial charge in [0.15, 0.2) is 0 Å². The number of carbonyl (C=O) groups is 1. The Hall–Kier alpha value is -2.70. The van der Waals surface area contributed by atoms with Gasteiger partial charge < -0.3 is 15.2 Å². The number of primary amides is 1. The fraction of sp³-hybridized carbons (Fsp3) is 0.235. The van der Waals surface area contributed by atoms with Crippen molar-refractivity contribution in [3.8, 4) is 16.9 Å². The molecule has 2 N–H and O–H groups in total. The number of hydrogen-bond donors (Lipinski definition) is 1. The van der Waals surface area contributed by atoms with Gasteiger partial charge in [-0.3, -0.25) is 0 Å². The van der Waals surface area contributed by atoms with E-state index in [2.05, 4.69) is 4.74 Å². The summed E-state index contributed by atoms with van der Waals surface area (Å²) in [5.74, 6) is -0.282. The Morgan fingerprint density at radius 1 is 1.17 bits per heavy atom. The van der Waals surface area contributed by atoms with Crippen LogP contribution in [0, 0.1) is 0 Å². The summed E-state index contributed by atoms with van der Waals surface area (Å²) in [6, 6.07) is 11.2. The van der Waals surface area contributed by atoms with E-state index < -0.39 is 18.6 Å². The first-order chi connectivity index (χ1) is 11.3. The zero-order valence-electron chi connectivity index (χ0n) is 12.5. The third-order valence-electron chi connectivity index (χ3n) is 3.85. The largest absolute Gasteiger partial charge is 0.573 e. The molecule has 0 fully saturated rings. The average Bonchev–Trinajstić information content (AvgIpc) is 2.88. The molecule has 1 aliphatic rings. The molecule has 4 nitrogen and oxygen atoms in total. The van der Waals surface area contributed by atoms with Gasteiger partial charge in [-0.05, 0) is 41.7 Å². The van der Waals surface area contributed by atoms with E-state index in [0.717, 1.165) is 11.1 Å². The maximum atomic E-state index is 12.6. The Morgan fingerprint density at radius 3 is 2.62 bits per heavy atom. The number of amides is 1. The molecule has 0 aromatic heterocycles. The van der Waals surface area contributed by atoms with Gasteiger partial charge in [0, 0.05) is 5.56 Å². The first-order valence-electron chi connectivity index (χ1n) is 7.27. The van der Waals surface area contributed by atoms with Crippen LogP contribution in [-0.4, -0.2) is 12.5 Å². The summed E-state index contributed by atoms with van der Waals surface area (Å²) >= 11 is 0. The standard InChI is InChI=1S/C17H14F3NO3/c18-17(19,20)24-15-4-2-1-3-12(15)11-6-5-10-7-8-14(13(10)9-11)23-16(21)22/h1-6,9,14H,7-8H2,(H2,21,22).